The molecule has 4 aliphatic rings. The molecule has 0 radical (unpaired) electrons. The number of carbonyl (C=O) groups is 4. The van der Waals surface area contributed by atoms with Crippen molar-refractivity contribution < 1.29 is 38.6 Å². The van der Waals surface area contributed by atoms with E-state index in [0.29, 0.717) is 52.9 Å². The van der Waals surface area contributed by atoms with E-state index in [9.17, 15) is 24.4 Å². The zero-order chi connectivity index (χ0) is 51.9. The van der Waals surface area contributed by atoms with Crippen LogP contribution in [0.25, 0.3) is 11.3 Å². The highest BCUT2D eigenvalue weighted by molar-refractivity contribution is 6.31. The Kier molecular flexibility index (Phi) is 17.1. The zero-order valence-corrected chi connectivity index (χ0v) is 43.7. The molecule has 0 unspecified atom stereocenters. The average Bonchev–Trinajstić information content (AvgIpc) is 4.06. The Balaban J connectivity index is 0.957. The van der Waals surface area contributed by atoms with E-state index >= 15 is 0 Å². The molecule has 18 heteroatoms. The van der Waals surface area contributed by atoms with Crippen LogP contribution in [0.1, 0.15) is 76.2 Å². The number of amides is 3. The first-order valence-electron chi connectivity index (χ1n) is 24.9. The van der Waals surface area contributed by atoms with Crippen LogP contribution in [-0.4, -0.2) is 121 Å². The lowest BCUT2D eigenvalue weighted by molar-refractivity contribution is -0.152. The normalized spacial score (nSPS) is 20.6. The third-order valence-electron chi connectivity index (χ3n) is 14.2. The van der Waals surface area contributed by atoms with E-state index in [1.807, 2.05) is 55.7 Å². The van der Waals surface area contributed by atoms with E-state index in [1.54, 1.807) is 68.2 Å². The number of hydrogen-bond donors (Lipinski definition) is 3. The second kappa shape index (κ2) is 23.5. The van der Waals surface area contributed by atoms with Crippen molar-refractivity contribution in [3.05, 3.63) is 136 Å². The summed E-state index contributed by atoms with van der Waals surface area (Å²) in [7, 11) is 3.33. The van der Waals surface area contributed by atoms with E-state index in [1.165, 1.54) is 37.3 Å². The first kappa shape index (κ1) is 53.3. The Morgan fingerprint density at radius 1 is 0.945 bits per heavy atom. The van der Waals surface area contributed by atoms with Crippen molar-refractivity contribution in [3.8, 4) is 22.8 Å². The summed E-state index contributed by atoms with van der Waals surface area (Å²) in [5.41, 5.74) is 2.20. The third kappa shape index (κ3) is 13.2. The van der Waals surface area contributed by atoms with Crippen LogP contribution in [0.3, 0.4) is 0 Å². The van der Waals surface area contributed by atoms with Gasteiger partial charge in [-0.3, -0.25) is 34.2 Å². The maximum Gasteiger partial charge on any atom is 0.306 e. The molecule has 8 rings (SSSR count). The number of hydrogen-bond acceptors (Lipinski definition) is 12. The van der Waals surface area contributed by atoms with Gasteiger partial charge in [-0.15, -0.1) is 0 Å². The molecule has 4 atom stereocenters. The molecule has 3 saturated heterocycles. The number of esters is 1. The smallest absolute Gasteiger partial charge is 0.306 e. The van der Waals surface area contributed by atoms with Crippen LogP contribution in [-0.2, 0) is 55.2 Å². The minimum atomic E-state index is -1.14. The lowest BCUT2D eigenvalue weighted by Gasteiger charge is -2.45. The molecule has 1 aromatic heterocycles. The third-order valence-corrected chi connectivity index (χ3v) is 14.7. The number of ether oxygens (including phenoxy) is 3. The van der Waals surface area contributed by atoms with Crippen LogP contribution in [0, 0.1) is 5.92 Å². The van der Waals surface area contributed by atoms with Crippen molar-refractivity contribution in [2.45, 2.75) is 102 Å². The number of carbonyl (C=O) groups excluding carboxylic acids is 4. The predicted octanol–water partition coefficient (Wildman–Crippen LogP) is 8.17. The molecular formula is C55H66Cl2N8O8. The van der Waals surface area contributed by atoms with Crippen molar-refractivity contribution in [1.29, 1.82) is 0 Å². The number of likely N-dealkylation sites (tertiary alicyclic amines) is 2. The predicted molar refractivity (Wildman–Crippen MR) is 278 cm³/mol. The van der Waals surface area contributed by atoms with Gasteiger partial charge in [-0.1, -0.05) is 53.6 Å². The number of nitrogens with zero attached hydrogens (tertiary/aromatic N) is 6. The number of aromatic nitrogens is 2. The van der Waals surface area contributed by atoms with Crippen LogP contribution < -0.4 is 15.4 Å². The molecule has 388 valence electrons. The second-order valence-corrected chi connectivity index (χ2v) is 20.8. The Morgan fingerprint density at radius 2 is 1.68 bits per heavy atom. The first-order chi connectivity index (χ1) is 35.0. The average molecular weight is 1040 g/mol. The van der Waals surface area contributed by atoms with Crippen LogP contribution in [0.2, 0.25) is 10.0 Å². The molecular weight excluding hydrogens is 972 g/mol. The van der Waals surface area contributed by atoms with Crippen LogP contribution in [0.15, 0.2) is 109 Å². The number of imidazole rings is 1. The molecule has 4 aromatic rings. The van der Waals surface area contributed by atoms with Gasteiger partial charge in [0.1, 0.15) is 29.1 Å². The summed E-state index contributed by atoms with van der Waals surface area (Å²) < 4.78 is 19.8. The molecule has 3 N–H and O–H groups in total. The summed E-state index contributed by atoms with van der Waals surface area (Å²) in [4.78, 5) is 67.1. The zero-order valence-electron chi connectivity index (χ0n) is 42.2. The van der Waals surface area contributed by atoms with E-state index in [4.69, 9.17) is 42.4 Å². The number of nitrogens with one attached hydrogen (secondary N) is 2. The standard InChI is InChI=1S/C55H66Cl2N8O8/c1-37(58-31-41-14-19-44(57)29-48(41)73-45-20-15-40(16-21-45)46-32-59-49(61(46)4)34-62-23-8-9-24-62)52(68)65-47(35-72-54(65,2)3)51(67)60-55(30-38-12-17-43(56)18-13-38)22-10-25-63(36-55)53(69)42(28-50(66)71-5)27-39-11-6-7-26-64(70)33-39/h6-7,11-21,26,29,32-33,37,42,47,58,70H,8-10,22-25,27-28,30-31,34-36H2,1-5H3,(H,60,67)/t37-,42+,47-,55+/m0/s1. The Hall–Kier alpha value is -6.01. The number of halogens is 2. The van der Waals surface area contributed by atoms with Gasteiger partial charge < -0.3 is 34.3 Å². The van der Waals surface area contributed by atoms with Crippen LogP contribution in [0.5, 0.6) is 11.5 Å². The quantitative estimate of drug-likeness (QED) is 0.0819. The van der Waals surface area contributed by atoms with E-state index in [2.05, 4.69) is 20.1 Å². The van der Waals surface area contributed by atoms with Crippen molar-refractivity contribution >= 4 is 46.9 Å². The fourth-order valence-electron chi connectivity index (χ4n) is 10.3. The SMILES string of the molecule is COC(=O)C[C@@H](CC1=CN(O)C=CC=C1)C(=O)N1CCC[C@](Cc2ccc(Cl)cc2)(NC(=O)[C@@H]2COC(C)(C)N2C(=O)[C@H](C)NCc2ccc(Cl)cc2Oc2ccc(-c3cnc(CN4CCCC4)n3C)cc2)C1. The summed E-state index contributed by atoms with van der Waals surface area (Å²) >= 11 is 12.8. The number of piperidine rings is 1. The van der Waals surface area contributed by atoms with Gasteiger partial charge in [0.05, 0.1) is 56.1 Å². The summed E-state index contributed by atoms with van der Waals surface area (Å²) in [5, 5.41) is 18.9. The van der Waals surface area contributed by atoms with Gasteiger partial charge in [0, 0.05) is 60.3 Å². The van der Waals surface area contributed by atoms with Gasteiger partial charge in [-0.05, 0) is 138 Å². The van der Waals surface area contributed by atoms with Gasteiger partial charge in [-0.25, -0.2) is 10.0 Å². The molecule has 0 aliphatic carbocycles. The molecule has 0 bridgehead atoms. The van der Waals surface area contributed by atoms with Crippen LogP contribution >= 0.6 is 23.2 Å². The van der Waals surface area contributed by atoms with Crippen molar-refractivity contribution in [2.75, 3.05) is 39.9 Å². The lowest BCUT2D eigenvalue weighted by Crippen LogP contribution is -2.65. The topological polar surface area (TPSA) is 171 Å². The van der Waals surface area contributed by atoms with Gasteiger partial charge in [0.15, 0.2) is 0 Å². The number of benzene rings is 3. The number of rotatable bonds is 18. The van der Waals surface area contributed by atoms with Crippen molar-refractivity contribution in [1.82, 2.24) is 39.9 Å². The second-order valence-electron chi connectivity index (χ2n) is 20.0. The number of allylic oxidation sites excluding steroid dienone is 4. The van der Waals surface area contributed by atoms with Crippen molar-refractivity contribution in [2.24, 2.45) is 13.0 Å². The Morgan fingerprint density at radius 3 is 2.42 bits per heavy atom. The molecule has 3 amide bonds. The highest BCUT2D eigenvalue weighted by Crippen LogP contribution is 2.35. The monoisotopic (exact) mass is 1040 g/mol. The first-order valence-corrected chi connectivity index (χ1v) is 25.7. The minimum Gasteiger partial charge on any atom is -0.469 e. The Labute approximate surface area is 437 Å². The summed E-state index contributed by atoms with van der Waals surface area (Å²) in [6.45, 7) is 9.02. The van der Waals surface area contributed by atoms with Crippen LogP contribution in [0.4, 0.5) is 0 Å². The molecule has 3 fully saturated rings. The maximum atomic E-state index is 14.8. The highest BCUT2D eigenvalue weighted by Gasteiger charge is 2.50. The van der Waals surface area contributed by atoms with Gasteiger partial charge in [0.2, 0.25) is 17.7 Å². The van der Waals surface area contributed by atoms with E-state index in [-0.39, 0.29) is 44.4 Å². The molecule has 16 nitrogen and oxygen atoms in total. The molecule has 5 heterocycles. The fraction of sp³-hybridized carbons (Fsp3) is 0.436. The lowest BCUT2D eigenvalue weighted by atomic mass is 9.81. The summed E-state index contributed by atoms with van der Waals surface area (Å²) in [6.07, 6.45) is 13.9. The number of methoxy groups -OCH3 is 1. The largest absolute Gasteiger partial charge is 0.469 e. The van der Waals surface area contributed by atoms with Gasteiger partial charge in [-0.2, -0.15) is 0 Å². The Bertz CT molecular complexity index is 2720. The van der Waals surface area contributed by atoms with E-state index < -0.39 is 41.1 Å². The van der Waals surface area contributed by atoms with Gasteiger partial charge in [0.25, 0.3) is 0 Å². The van der Waals surface area contributed by atoms with Crippen molar-refractivity contribution in [3.63, 3.8) is 0 Å². The number of hydroxylamine groups is 2. The van der Waals surface area contributed by atoms with Gasteiger partial charge >= 0.3 is 5.97 Å². The fourth-order valence-corrected chi connectivity index (χ4v) is 10.6. The molecule has 3 aromatic carbocycles. The minimum absolute atomic E-state index is 0.0497. The van der Waals surface area contributed by atoms with E-state index in [0.717, 1.165) is 52.9 Å². The summed E-state index contributed by atoms with van der Waals surface area (Å²) in [6, 6.07) is 18.8. The molecule has 73 heavy (non-hydrogen) atoms. The molecule has 0 saturated carbocycles. The molecule has 4 aliphatic heterocycles. The maximum absolute atomic E-state index is 14.8. The highest BCUT2D eigenvalue weighted by atomic mass is 35.5. The molecule has 0 spiro atoms. The summed E-state index contributed by atoms with van der Waals surface area (Å²) in [5.74, 6) is -0.243.